The van der Waals surface area contributed by atoms with Gasteiger partial charge in [-0.05, 0) is 12.8 Å². The molecule has 1 aliphatic heterocycles. The molecule has 1 fully saturated rings. The molecule has 8 nitrogen and oxygen atoms in total. The Hall–Kier alpha value is -2.60. The average molecular weight is 445 g/mol. The van der Waals surface area contributed by atoms with Gasteiger partial charge < -0.3 is 15.1 Å². The third-order valence-corrected chi connectivity index (χ3v) is 6.30. The van der Waals surface area contributed by atoms with Gasteiger partial charge in [-0.15, -0.1) is 0 Å². The lowest BCUT2D eigenvalue weighted by atomic mass is 10.1. The first kappa shape index (κ1) is 22.1. The molecule has 2 heterocycles. The number of halogens is 3. The Morgan fingerprint density at radius 2 is 1.93 bits per heavy atom. The van der Waals surface area contributed by atoms with Crippen molar-refractivity contribution in [1.82, 2.24) is 19.9 Å². The lowest BCUT2D eigenvalue weighted by molar-refractivity contribution is -0.0494. The molecule has 0 spiro atoms. The fraction of sp³-hybridized carbons (Fsp3) is 0.444. The van der Waals surface area contributed by atoms with Gasteiger partial charge in [0.2, 0.25) is 5.89 Å². The molecule has 0 saturated carbocycles. The van der Waals surface area contributed by atoms with E-state index in [1.54, 1.807) is 13.2 Å². The van der Waals surface area contributed by atoms with Gasteiger partial charge >= 0.3 is 15.5 Å². The molecule has 0 aliphatic carbocycles. The highest BCUT2D eigenvalue weighted by molar-refractivity contribution is 7.90. The fourth-order valence-electron chi connectivity index (χ4n) is 3.06. The summed E-state index contributed by atoms with van der Waals surface area (Å²) in [5, 5.41) is 6.13. The van der Waals surface area contributed by atoms with E-state index >= 15 is 0 Å². The number of nitrogens with zero attached hydrogens (tertiary/aromatic N) is 3. The van der Waals surface area contributed by atoms with Gasteiger partial charge in [0.05, 0.1) is 12.7 Å². The molecule has 1 aromatic heterocycles. The zero-order valence-corrected chi connectivity index (χ0v) is 17.0. The third kappa shape index (κ3) is 5.11. The molecule has 2 aromatic rings. The minimum Gasteiger partial charge on any atom is -0.439 e. The number of rotatable bonds is 5. The molecule has 12 heteroatoms. The summed E-state index contributed by atoms with van der Waals surface area (Å²) in [6, 6.07) is 9.30. The predicted octanol–water partition coefficient (Wildman–Crippen LogP) is 2.32. The first-order chi connectivity index (χ1) is 14.2. The zero-order valence-electron chi connectivity index (χ0n) is 16.2. The summed E-state index contributed by atoms with van der Waals surface area (Å²) in [6.07, 6.45) is 2.08. The summed E-state index contributed by atoms with van der Waals surface area (Å²) < 4.78 is 67.1. The van der Waals surface area contributed by atoms with Crippen LogP contribution in [0.2, 0.25) is 0 Å². The van der Waals surface area contributed by atoms with Gasteiger partial charge in [-0.2, -0.15) is 17.5 Å². The standard InChI is InChI=1S/C18H22F3N5O3S/c1-22-17(24-12-16-23-11-15(29-16)13-5-3-2-4-6-13)25-14-7-9-26(10-8-14)30(27,28)18(19,20)21/h2-6,11,14H,7-10,12H2,1H3,(H2,22,24,25). The third-order valence-electron chi connectivity index (χ3n) is 4.67. The van der Waals surface area contributed by atoms with Crippen molar-refractivity contribution in [3.63, 3.8) is 0 Å². The van der Waals surface area contributed by atoms with Crippen molar-refractivity contribution >= 4 is 16.0 Å². The molecule has 30 heavy (non-hydrogen) atoms. The Morgan fingerprint density at radius 3 is 2.53 bits per heavy atom. The van der Waals surface area contributed by atoms with Crippen LogP contribution >= 0.6 is 0 Å². The van der Waals surface area contributed by atoms with Crippen molar-refractivity contribution in [2.24, 2.45) is 4.99 Å². The second kappa shape index (κ2) is 9.04. The van der Waals surface area contributed by atoms with E-state index in [1.165, 1.54) is 0 Å². The van der Waals surface area contributed by atoms with Crippen molar-refractivity contribution in [3.05, 3.63) is 42.4 Å². The topological polar surface area (TPSA) is 99.8 Å². The van der Waals surface area contributed by atoms with Crippen molar-refractivity contribution in [2.75, 3.05) is 20.1 Å². The summed E-state index contributed by atoms with van der Waals surface area (Å²) in [7, 11) is -3.73. The Bertz CT molecular complexity index is 968. The van der Waals surface area contributed by atoms with Gasteiger partial charge in [-0.3, -0.25) is 4.99 Å². The number of nitrogens with one attached hydrogen (secondary N) is 2. The number of alkyl halides is 3. The average Bonchev–Trinajstić information content (AvgIpc) is 3.20. The van der Waals surface area contributed by atoms with E-state index in [9.17, 15) is 21.6 Å². The molecule has 2 N–H and O–H groups in total. The summed E-state index contributed by atoms with van der Waals surface area (Å²) in [4.78, 5) is 8.30. The Kier molecular flexibility index (Phi) is 6.66. The number of aliphatic imine (C=N–C) groups is 1. The molecule has 1 saturated heterocycles. The van der Waals surface area contributed by atoms with Gasteiger partial charge in [-0.25, -0.2) is 13.4 Å². The van der Waals surface area contributed by atoms with Crippen LogP contribution < -0.4 is 10.6 Å². The monoisotopic (exact) mass is 445 g/mol. The van der Waals surface area contributed by atoms with Gasteiger partial charge in [0.15, 0.2) is 11.7 Å². The van der Waals surface area contributed by atoms with Crippen molar-refractivity contribution in [1.29, 1.82) is 0 Å². The normalized spacial score (nSPS) is 17.1. The van der Waals surface area contributed by atoms with Crippen molar-refractivity contribution < 1.29 is 26.0 Å². The molecule has 1 aromatic carbocycles. The molecule has 0 radical (unpaired) electrons. The number of aromatic nitrogens is 1. The van der Waals surface area contributed by atoms with E-state index in [4.69, 9.17) is 4.42 Å². The van der Waals surface area contributed by atoms with Crippen LogP contribution in [0.25, 0.3) is 11.3 Å². The maximum absolute atomic E-state index is 12.7. The largest absolute Gasteiger partial charge is 0.511 e. The molecular formula is C18H22F3N5O3S. The first-order valence-corrected chi connectivity index (χ1v) is 10.7. The Balaban J connectivity index is 1.50. The summed E-state index contributed by atoms with van der Waals surface area (Å²) in [5.41, 5.74) is -4.38. The molecule has 0 unspecified atom stereocenters. The number of guanidine groups is 1. The predicted molar refractivity (Wildman–Crippen MR) is 105 cm³/mol. The summed E-state index contributed by atoms with van der Waals surface area (Å²) in [6.45, 7) is -0.166. The van der Waals surface area contributed by atoms with Crippen molar-refractivity contribution in [2.45, 2.75) is 30.9 Å². The van der Waals surface area contributed by atoms with E-state index in [1.807, 2.05) is 30.3 Å². The number of sulfonamides is 1. The maximum atomic E-state index is 12.7. The highest BCUT2D eigenvalue weighted by Gasteiger charge is 2.50. The quantitative estimate of drug-likeness (QED) is 0.541. The maximum Gasteiger partial charge on any atom is 0.511 e. The number of piperidine rings is 1. The van der Waals surface area contributed by atoms with E-state index in [0.29, 0.717) is 21.9 Å². The molecule has 0 amide bonds. The zero-order chi connectivity index (χ0) is 21.8. The van der Waals surface area contributed by atoms with Crippen molar-refractivity contribution in [3.8, 4) is 11.3 Å². The molecule has 1 aliphatic rings. The number of hydrogen-bond acceptors (Lipinski definition) is 5. The van der Waals surface area contributed by atoms with E-state index in [2.05, 4.69) is 20.6 Å². The van der Waals surface area contributed by atoms with Gasteiger partial charge in [-0.1, -0.05) is 30.3 Å². The van der Waals surface area contributed by atoms with Crippen LogP contribution in [0.4, 0.5) is 13.2 Å². The second-order valence-corrected chi connectivity index (χ2v) is 8.61. The SMILES string of the molecule is CN=C(NCc1ncc(-c2ccccc2)o1)NC1CCN(S(=O)(=O)C(F)(F)F)CC1. The molecule has 164 valence electrons. The Morgan fingerprint density at radius 1 is 1.27 bits per heavy atom. The van der Waals surface area contributed by atoms with Crippen LogP contribution in [0.3, 0.4) is 0 Å². The molecule has 3 rings (SSSR count). The summed E-state index contributed by atoms with van der Waals surface area (Å²) in [5.74, 6) is 1.50. The number of oxazole rings is 1. The van der Waals surface area contributed by atoms with E-state index in [0.717, 1.165) is 5.56 Å². The van der Waals surface area contributed by atoms with Gasteiger partial charge in [0.1, 0.15) is 0 Å². The van der Waals surface area contributed by atoms with E-state index < -0.39 is 15.5 Å². The first-order valence-electron chi connectivity index (χ1n) is 9.24. The fourth-order valence-corrected chi connectivity index (χ4v) is 4.05. The van der Waals surface area contributed by atoms with Crippen LogP contribution in [0.5, 0.6) is 0 Å². The van der Waals surface area contributed by atoms with E-state index in [-0.39, 0.29) is 38.5 Å². The van der Waals surface area contributed by atoms with Crippen LogP contribution in [0, 0.1) is 0 Å². The highest BCUT2D eigenvalue weighted by atomic mass is 32.2. The minimum atomic E-state index is -5.28. The lowest BCUT2D eigenvalue weighted by Gasteiger charge is -2.32. The second-order valence-electron chi connectivity index (χ2n) is 6.68. The van der Waals surface area contributed by atoms with Crippen LogP contribution in [-0.4, -0.2) is 55.4 Å². The lowest BCUT2D eigenvalue weighted by Crippen LogP contribution is -2.51. The van der Waals surface area contributed by atoms with Gasteiger partial charge in [0.25, 0.3) is 0 Å². The minimum absolute atomic E-state index is 0.208. The smallest absolute Gasteiger partial charge is 0.439 e. The molecule has 0 atom stereocenters. The van der Waals surface area contributed by atoms with Gasteiger partial charge in [0, 0.05) is 31.7 Å². The molecular weight excluding hydrogens is 423 g/mol. The van der Waals surface area contributed by atoms with Crippen LogP contribution in [-0.2, 0) is 16.6 Å². The van der Waals surface area contributed by atoms with Crippen LogP contribution in [0.1, 0.15) is 18.7 Å². The number of benzene rings is 1. The Labute approximate surface area is 172 Å². The van der Waals surface area contributed by atoms with Crippen LogP contribution in [0.15, 0.2) is 45.9 Å². The number of hydrogen-bond donors (Lipinski definition) is 2. The molecule has 0 bridgehead atoms. The highest BCUT2D eigenvalue weighted by Crippen LogP contribution is 2.29. The summed E-state index contributed by atoms with van der Waals surface area (Å²) >= 11 is 0.